The molecule has 0 radical (unpaired) electrons. The van der Waals surface area contributed by atoms with Crippen LogP contribution < -0.4 is 10.6 Å². The number of hydrogen-bond donors (Lipinski definition) is 2. The lowest BCUT2D eigenvalue weighted by Gasteiger charge is -2.36. The molecule has 4 nitrogen and oxygen atoms in total. The van der Waals surface area contributed by atoms with Gasteiger partial charge in [0, 0.05) is 22.6 Å². The molecule has 0 aromatic carbocycles. The first-order chi connectivity index (χ1) is 9.13. The van der Waals surface area contributed by atoms with E-state index in [1.807, 2.05) is 13.1 Å². The number of carbonyl (C=O) groups excluding carboxylic acids is 1. The van der Waals surface area contributed by atoms with Gasteiger partial charge in [0.05, 0.1) is 0 Å². The number of pyridine rings is 1. The molecule has 1 aliphatic rings. The van der Waals surface area contributed by atoms with Crippen LogP contribution in [0.4, 0.5) is 5.82 Å². The third-order valence-electron chi connectivity index (χ3n) is 3.83. The van der Waals surface area contributed by atoms with E-state index in [0.717, 1.165) is 17.3 Å². The van der Waals surface area contributed by atoms with Gasteiger partial charge in [-0.25, -0.2) is 4.98 Å². The van der Waals surface area contributed by atoms with Crippen LogP contribution in [0.3, 0.4) is 0 Å². The Morgan fingerprint density at radius 3 is 2.68 bits per heavy atom. The van der Waals surface area contributed by atoms with E-state index in [4.69, 9.17) is 0 Å². The van der Waals surface area contributed by atoms with Crippen LogP contribution in [0.5, 0.6) is 0 Å². The molecule has 0 bridgehead atoms. The van der Waals surface area contributed by atoms with Crippen molar-refractivity contribution in [2.45, 2.75) is 44.1 Å². The van der Waals surface area contributed by atoms with E-state index in [0.29, 0.717) is 12.2 Å². The summed E-state index contributed by atoms with van der Waals surface area (Å²) >= 11 is 3.33. The van der Waals surface area contributed by atoms with E-state index in [1.54, 1.807) is 12.3 Å². The molecule has 0 spiro atoms. The summed E-state index contributed by atoms with van der Waals surface area (Å²) in [7, 11) is 1.95. The molecule has 1 aromatic rings. The van der Waals surface area contributed by atoms with Gasteiger partial charge < -0.3 is 10.6 Å². The molecule has 5 heteroatoms. The van der Waals surface area contributed by atoms with Gasteiger partial charge in [0.1, 0.15) is 5.82 Å². The van der Waals surface area contributed by atoms with Gasteiger partial charge >= 0.3 is 0 Å². The maximum Gasteiger partial charge on any atom is 0.227 e. The van der Waals surface area contributed by atoms with E-state index < -0.39 is 0 Å². The molecule has 1 aromatic heterocycles. The van der Waals surface area contributed by atoms with E-state index >= 15 is 0 Å². The molecule has 19 heavy (non-hydrogen) atoms. The number of rotatable bonds is 4. The van der Waals surface area contributed by atoms with Gasteiger partial charge in [0.15, 0.2) is 0 Å². The molecular weight excluding hydrogens is 306 g/mol. The summed E-state index contributed by atoms with van der Waals surface area (Å²) in [6, 6.07) is 3.67. The van der Waals surface area contributed by atoms with E-state index in [2.05, 4.69) is 31.5 Å². The molecule has 2 rings (SSSR count). The molecule has 104 valence electrons. The molecule has 0 atom stereocenters. The van der Waals surface area contributed by atoms with Gasteiger partial charge in [-0.2, -0.15) is 0 Å². The smallest absolute Gasteiger partial charge is 0.227 e. The van der Waals surface area contributed by atoms with Crippen molar-refractivity contribution in [3.63, 3.8) is 0 Å². The second-order valence-corrected chi connectivity index (χ2v) is 6.09. The zero-order valence-corrected chi connectivity index (χ0v) is 12.8. The summed E-state index contributed by atoms with van der Waals surface area (Å²) in [5.74, 6) is 0.640. The van der Waals surface area contributed by atoms with Crippen LogP contribution in [0.25, 0.3) is 0 Å². The van der Waals surface area contributed by atoms with E-state index in [1.165, 1.54) is 19.3 Å². The number of anilines is 1. The average molecular weight is 326 g/mol. The molecule has 1 heterocycles. The van der Waals surface area contributed by atoms with Crippen molar-refractivity contribution in [3.05, 3.63) is 22.8 Å². The summed E-state index contributed by atoms with van der Waals surface area (Å²) in [5.41, 5.74) is -0.0301. The predicted octanol–water partition coefficient (Wildman–Crippen LogP) is 3.10. The highest BCUT2D eigenvalue weighted by Gasteiger charge is 2.32. The van der Waals surface area contributed by atoms with Crippen molar-refractivity contribution in [1.29, 1.82) is 0 Å². The van der Waals surface area contributed by atoms with Gasteiger partial charge in [-0.3, -0.25) is 4.79 Å². The normalized spacial score (nSPS) is 18.0. The van der Waals surface area contributed by atoms with Gasteiger partial charge in [-0.05, 0) is 48.0 Å². The number of aromatic nitrogens is 1. The minimum Gasteiger partial charge on any atom is -0.314 e. The zero-order valence-electron chi connectivity index (χ0n) is 11.2. The van der Waals surface area contributed by atoms with Crippen LogP contribution in [0.15, 0.2) is 22.8 Å². The van der Waals surface area contributed by atoms with Gasteiger partial charge in [0.2, 0.25) is 5.91 Å². The summed E-state index contributed by atoms with van der Waals surface area (Å²) in [6.07, 6.45) is 8.02. The molecule has 2 N–H and O–H groups in total. The Kier molecular flexibility index (Phi) is 4.93. The molecule has 1 aliphatic carbocycles. The topological polar surface area (TPSA) is 54.0 Å². The number of carbonyl (C=O) groups is 1. The van der Waals surface area contributed by atoms with Crippen molar-refractivity contribution >= 4 is 27.7 Å². The average Bonchev–Trinajstić information content (AvgIpc) is 2.42. The third-order valence-corrected chi connectivity index (χ3v) is 4.30. The number of nitrogens with zero attached hydrogens (tertiary/aromatic N) is 1. The Morgan fingerprint density at radius 1 is 1.37 bits per heavy atom. The first-order valence-electron chi connectivity index (χ1n) is 6.74. The van der Waals surface area contributed by atoms with Crippen molar-refractivity contribution < 1.29 is 4.79 Å². The number of nitrogens with one attached hydrogen (secondary N) is 2. The van der Waals surface area contributed by atoms with E-state index in [9.17, 15) is 4.79 Å². The molecule has 1 fully saturated rings. The number of hydrogen-bond acceptors (Lipinski definition) is 3. The highest BCUT2D eigenvalue weighted by molar-refractivity contribution is 9.10. The fourth-order valence-electron chi connectivity index (χ4n) is 2.69. The Morgan fingerprint density at radius 2 is 2.11 bits per heavy atom. The maximum absolute atomic E-state index is 12.1. The monoisotopic (exact) mass is 325 g/mol. The molecule has 1 amide bonds. The summed E-state index contributed by atoms with van der Waals surface area (Å²) < 4.78 is 0.907. The van der Waals surface area contributed by atoms with Crippen LogP contribution in [0.1, 0.15) is 38.5 Å². The SMILES string of the molecule is CNC1(CC(=O)Nc2ccc(Br)cn2)CCCCC1. The maximum atomic E-state index is 12.1. The van der Waals surface area contributed by atoms with Crippen molar-refractivity contribution in [2.24, 2.45) is 0 Å². The first kappa shape index (κ1) is 14.5. The highest BCUT2D eigenvalue weighted by atomic mass is 79.9. The quantitative estimate of drug-likeness (QED) is 0.894. The van der Waals surface area contributed by atoms with E-state index in [-0.39, 0.29) is 11.4 Å². The summed E-state index contributed by atoms with van der Waals surface area (Å²) in [4.78, 5) is 16.3. The zero-order chi connectivity index (χ0) is 13.7. The lowest BCUT2D eigenvalue weighted by molar-refractivity contribution is -0.117. The number of amides is 1. The Balaban J connectivity index is 1.94. The lowest BCUT2D eigenvalue weighted by Crippen LogP contribution is -2.47. The van der Waals surface area contributed by atoms with Gasteiger partial charge in [0.25, 0.3) is 0 Å². The van der Waals surface area contributed by atoms with Crippen LogP contribution in [0.2, 0.25) is 0 Å². The molecule has 0 saturated heterocycles. The molecule has 0 aliphatic heterocycles. The van der Waals surface area contributed by atoms with Crippen LogP contribution in [0, 0.1) is 0 Å². The lowest BCUT2D eigenvalue weighted by atomic mass is 9.79. The first-order valence-corrected chi connectivity index (χ1v) is 7.53. The van der Waals surface area contributed by atoms with Gasteiger partial charge in [-0.15, -0.1) is 0 Å². The second-order valence-electron chi connectivity index (χ2n) is 5.18. The second kappa shape index (κ2) is 6.48. The number of halogens is 1. The Bertz CT molecular complexity index is 427. The Labute approximate surface area is 122 Å². The minimum atomic E-state index is -0.0301. The summed E-state index contributed by atoms with van der Waals surface area (Å²) in [6.45, 7) is 0. The predicted molar refractivity (Wildman–Crippen MR) is 80.1 cm³/mol. The van der Waals surface area contributed by atoms with Crippen LogP contribution in [-0.2, 0) is 4.79 Å². The summed E-state index contributed by atoms with van der Waals surface area (Å²) in [5, 5.41) is 6.22. The van der Waals surface area contributed by atoms with Crippen LogP contribution in [-0.4, -0.2) is 23.5 Å². The molecule has 0 unspecified atom stereocenters. The largest absolute Gasteiger partial charge is 0.314 e. The van der Waals surface area contributed by atoms with Gasteiger partial charge in [-0.1, -0.05) is 19.3 Å². The van der Waals surface area contributed by atoms with Crippen molar-refractivity contribution in [3.8, 4) is 0 Å². The molecule has 1 saturated carbocycles. The molecular formula is C14H20BrN3O. The fraction of sp³-hybridized carbons (Fsp3) is 0.571. The van der Waals surface area contributed by atoms with Crippen molar-refractivity contribution in [2.75, 3.05) is 12.4 Å². The standard InChI is InChI=1S/C14H20BrN3O/c1-16-14(7-3-2-4-8-14)9-13(19)18-12-6-5-11(15)10-17-12/h5-6,10,16H,2-4,7-9H2,1H3,(H,17,18,19). The highest BCUT2D eigenvalue weighted by Crippen LogP contribution is 2.30. The fourth-order valence-corrected chi connectivity index (χ4v) is 2.92. The third kappa shape index (κ3) is 4.01. The van der Waals surface area contributed by atoms with Crippen molar-refractivity contribution in [1.82, 2.24) is 10.3 Å². The minimum absolute atomic E-state index is 0.0301. The Hall–Kier alpha value is -0.940. The van der Waals surface area contributed by atoms with Crippen LogP contribution >= 0.6 is 15.9 Å².